The van der Waals surface area contributed by atoms with E-state index in [2.05, 4.69) is 10.5 Å². The van der Waals surface area contributed by atoms with Crippen LogP contribution in [-0.2, 0) is 0 Å². The fourth-order valence-corrected chi connectivity index (χ4v) is 3.82. The molecule has 2 aromatic heterocycles. The summed E-state index contributed by atoms with van der Waals surface area (Å²) in [5, 5.41) is 10.8. The molecular formula is C23H18Cl2N4O. The van der Waals surface area contributed by atoms with E-state index in [1.807, 2.05) is 78.5 Å². The van der Waals surface area contributed by atoms with E-state index in [-0.39, 0.29) is 6.04 Å². The fourth-order valence-electron chi connectivity index (χ4n) is 3.57. The average Bonchev–Trinajstić information content (AvgIpc) is 3.48. The zero-order chi connectivity index (χ0) is 20.7. The number of rotatable bonds is 4. The molecule has 7 heteroatoms. The van der Waals surface area contributed by atoms with E-state index in [0.717, 1.165) is 39.7 Å². The minimum atomic E-state index is -0.0165. The van der Waals surface area contributed by atoms with Gasteiger partial charge in [0.1, 0.15) is 17.2 Å². The second-order valence-electron chi connectivity index (χ2n) is 7.22. The summed E-state index contributed by atoms with van der Waals surface area (Å²) >= 11 is 12.1. The van der Waals surface area contributed by atoms with Gasteiger partial charge < -0.3 is 9.84 Å². The van der Waals surface area contributed by atoms with Crippen LogP contribution >= 0.6 is 23.2 Å². The van der Waals surface area contributed by atoms with E-state index in [0.29, 0.717) is 16.5 Å². The highest BCUT2D eigenvalue weighted by Crippen LogP contribution is 2.34. The lowest BCUT2D eigenvalue weighted by molar-refractivity contribution is 0.524. The van der Waals surface area contributed by atoms with E-state index in [1.165, 1.54) is 0 Å². The largest absolute Gasteiger partial charge is 0.460 e. The maximum atomic E-state index is 6.09. The van der Waals surface area contributed by atoms with Gasteiger partial charge in [0.25, 0.3) is 0 Å². The molecule has 3 heterocycles. The molecule has 5 rings (SSSR count). The topological polar surface area (TPSA) is 55.4 Å². The number of furan rings is 1. The first-order valence-electron chi connectivity index (χ1n) is 9.57. The molecule has 1 aliphatic heterocycles. The highest BCUT2D eigenvalue weighted by Gasteiger charge is 2.27. The van der Waals surface area contributed by atoms with Crippen molar-refractivity contribution in [1.29, 1.82) is 0 Å². The molecule has 150 valence electrons. The molecule has 0 spiro atoms. The molecule has 4 aromatic rings. The van der Waals surface area contributed by atoms with E-state index >= 15 is 0 Å². The van der Waals surface area contributed by atoms with E-state index < -0.39 is 0 Å². The summed E-state index contributed by atoms with van der Waals surface area (Å²) in [5.41, 5.74) is 8.01. The van der Waals surface area contributed by atoms with E-state index in [4.69, 9.17) is 32.7 Å². The molecule has 0 saturated heterocycles. The van der Waals surface area contributed by atoms with E-state index in [1.54, 1.807) is 0 Å². The van der Waals surface area contributed by atoms with Crippen molar-refractivity contribution < 1.29 is 4.42 Å². The van der Waals surface area contributed by atoms with Gasteiger partial charge in [0.2, 0.25) is 0 Å². The minimum Gasteiger partial charge on any atom is -0.460 e. The van der Waals surface area contributed by atoms with Crippen molar-refractivity contribution >= 4 is 28.9 Å². The number of nitrogens with one attached hydrogen (secondary N) is 1. The second kappa shape index (κ2) is 7.67. The molecule has 2 aromatic carbocycles. The van der Waals surface area contributed by atoms with Crippen molar-refractivity contribution in [2.45, 2.75) is 19.4 Å². The minimum absolute atomic E-state index is 0.0165. The Morgan fingerprint density at radius 1 is 0.967 bits per heavy atom. The summed E-state index contributed by atoms with van der Waals surface area (Å²) in [6.45, 7) is 1.93. The van der Waals surface area contributed by atoms with Gasteiger partial charge in [0.15, 0.2) is 0 Å². The summed E-state index contributed by atoms with van der Waals surface area (Å²) < 4.78 is 7.61. The number of benzene rings is 2. The highest BCUT2D eigenvalue weighted by atomic mass is 35.5. The van der Waals surface area contributed by atoms with Crippen LogP contribution in [0.2, 0.25) is 10.0 Å². The Balaban J connectivity index is 1.53. The monoisotopic (exact) mass is 436 g/mol. The molecule has 0 radical (unpaired) electrons. The number of aromatic nitrogens is 2. The molecule has 0 aliphatic carbocycles. The van der Waals surface area contributed by atoms with Crippen LogP contribution in [0.5, 0.6) is 0 Å². The lowest BCUT2D eigenvalue weighted by atomic mass is 9.99. The second-order valence-corrected chi connectivity index (χ2v) is 8.09. The molecule has 30 heavy (non-hydrogen) atoms. The predicted molar refractivity (Wildman–Crippen MR) is 119 cm³/mol. The van der Waals surface area contributed by atoms with Crippen molar-refractivity contribution in [3.05, 3.63) is 94.0 Å². The first-order valence-corrected chi connectivity index (χ1v) is 10.3. The van der Waals surface area contributed by atoms with Crippen LogP contribution in [0.15, 0.2) is 76.4 Å². The number of aryl methyl sites for hydroxylation is 1. The smallest absolute Gasteiger partial charge is 0.150 e. The molecule has 1 aliphatic rings. The van der Waals surface area contributed by atoms with Gasteiger partial charge in [-0.05, 0) is 55.5 Å². The zero-order valence-electron chi connectivity index (χ0n) is 16.1. The Morgan fingerprint density at radius 3 is 2.33 bits per heavy atom. The molecule has 0 bridgehead atoms. The standard InChI is InChI=1S/C23H18Cl2N4O/c1-14-2-11-22(30-14)21-12-20(26-27-21)19-13-29(18-9-7-17(25)8-10-18)28-23(19)15-3-5-16(24)6-4-15/h2-11,13,20,26H,12H2,1H3. The van der Waals surface area contributed by atoms with Gasteiger partial charge in [-0.2, -0.15) is 10.2 Å². The first kappa shape index (κ1) is 19.0. The number of halogens is 2. The van der Waals surface area contributed by atoms with Crippen LogP contribution in [0.3, 0.4) is 0 Å². The van der Waals surface area contributed by atoms with Crippen LogP contribution in [0, 0.1) is 6.92 Å². The normalized spacial score (nSPS) is 15.8. The average molecular weight is 437 g/mol. The molecule has 1 N–H and O–H groups in total. The van der Waals surface area contributed by atoms with Crippen molar-refractivity contribution in [2.24, 2.45) is 5.10 Å². The van der Waals surface area contributed by atoms with Crippen molar-refractivity contribution in [3.8, 4) is 16.9 Å². The van der Waals surface area contributed by atoms with Crippen molar-refractivity contribution in [2.75, 3.05) is 0 Å². The third-order valence-electron chi connectivity index (χ3n) is 5.10. The Hall–Kier alpha value is -3.02. The molecule has 0 fully saturated rings. The molecule has 1 unspecified atom stereocenters. The molecule has 0 saturated carbocycles. The Kier molecular flexibility index (Phi) is 4.85. The van der Waals surface area contributed by atoms with Gasteiger partial charge >= 0.3 is 0 Å². The Bertz CT molecular complexity index is 1220. The fraction of sp³-hybridized carbons (Fsp3) is 0.130. The molecule has 5 nitrogen and oxygen atoms in total. The van der Waals surface area contributed by atoms with Crippen LogP contribution < -0.4 is 5.43 Å². The Morgan fingerprint density at radius 2 is 1.67 bits per heavy atom. The van der Waals surface area contributed by atoms with E-state index in [9.17, 15) is 0 Å². The van der Waals surface area contributed by atoms with Crippen LogP contribution in [0.25, 0.3) is 16.9 Å². The SMILES string of the molecule is Cc1ccc(C2=NNC(c3cn(-c4ccc(Cl)cc4)nc3-c3ccc(Cl)cc3)C2)o1. The van der Waals surface area contributed by atoms with Crippen molar-refractivity contribution in [3.63, 3.8) is 0 Å². The maximum absolute atomic E-state index is 6.09. The summed E-state index contributed by atoms with van der Waals surface area (Å²) in [4.78, 5) is 0. The molecular weight excluding hydrogens is 419 g/mol. The number of nitrogens with zero attached hydrogens (tertiary/aromatic N) is 3. The van der Waals surface area contributed by atoms with Crippen LogP contribution in [0.4, 0.5) is 0 Å². The lowest BCUT2D eigenvalue weighted by Crippen LogP contribution is -2.10. The highest BCUT2D eigenvalue weighted by molar-refractivity contribution is 6.30. The van der Waals surface area contributed by atoms with Gasteiger partial charge in [0, 0.05) is 33.8 Å². The van der Waals surface area contributed by atoms with Gasteiger partial charge in [-0.15, -0.1) is 0 Å². The Labute approximate surface area is 183 Å². The van der Waals surface area contributed by atoms with Gasteiger partial charge in [0.05, 0.1) is 17.4 Å². The zero-order valence-corrected chi connectivity index (χ0v) is 17.7. The number of hydrazone groups is 1. The molecule has 0 amide bonds. The summed E-state index contributed by atoms with van der Waals surface area (Å²) in [7, 11) is 0. The third-order valence-corrected chi connectivity index (χ3v) is 5.61. The van der Waals surface area contributed by atoms with Crippen LogP contribution in [0.1, 0.15) is 29.5 Å². The summed E-state index contributed by atoms with van der Waals surface area (Å²) in [5.74, 6) is 1.66. The lowest BCUT2D eigenvalue weighted by Gasteiger charge is -2.10. The summed E-state index contributed by atoms with van der Waals surface area (Å²) in [6, 6.07) is 19.2. The number of hydrogen-bond acceptors (Lipinski definition) is 4. The first-order chi connectivity index (χ1) is 14.6. The quantitative estimate of drug-likeness (QED) is 0.415. The molecule has 1 atom stereocenters. The third kappa shape index (κ3) is 3.62. The van der Waals surface area contributed by atoms with Crippen LogP contribution in [-0.4, -0.2) is 15.5 Å². The van der Waals surface area contributed by atoms with Crippen molar-refractivity contribution in [1.82, 2.24) is 15.2 Å². The van der Waals surface area contributed by atoms with Gasteiger partial charge in [-0.25, -0.2) is 4.68 Å². The predicted octanol–water partition coefficient (Wildman–Crippen LogP) is 6.19. The van der Waals surface area contributed by atoms with Gasteiger partial charge in [-0.3, -0.25) is 0 Å². The number of hydrogen-bond donors (Lipinski definition) is 1. The summed E-state index contributed by atoms with van der Waals surface area (Å²) in [6.07, 6.45) is 2.75. The van der Waals surface area contributed by atoms with Gasteiger partial charge in [-0.1, -0.05) is 35.3 Å². The maximum Gasteiger partial charge on any atom is 0.150 e.